The molecule has 1 N–H and O–H groups in total. The number of nitrogens with zero attached hydrogens (tertiary/aromatic N) is 3. The van der Waals surface area contributed by atoms with Crippen molar-refractivity contribution in [2.75, 3.05) is 25.6 Å². The Labute approximate surface area is 95.9 Å². The highest BCUT2D eigenvalue weighted by Gasteiger charge is 2.07. The Balaban J connectivity index is 2.69. The normalized spacial score (nSPS) is 9.53. The molecule has 0 aliphatic carbocycles. The summed E-state index contributed by atoms with van der Waals surface area (Å²) >= 11 is 5.17. The highest BCUT2D eigenvalue weighted by Crippen LogP contribution is 2.05. The molecule has 0 saturated heterocycles. The Hall–Kier alpha value is -1.36. The van der Waals surface area contributed by atoms with Crippen LogP contribution in [0.1, 0.15) is 6.92 Å². The maximum Gasteiger partial charge on any atom is 0.187 e. The topological polar surface area (TPSA) is 31.4 Å². The second-order valence-electron chi connectivity index (χ2n) is 3.24. The molecule has 0 fully saturated rings. The SMILES string of the molecule is CCN(NC(=S)N(C)C)c1ccccn1. The van der Waals surface area contributed by atoms with Crippen LogP contribution in [0.5, 0.6) is 0 Å². The Morgan fingerprint density at radius 2 is 2.20 bits per heavy atom. The molecular formula is C10H16N4S. The summed E-state index contributed by atoms with van der Waals surface area (Å²) < 4.78 is 0. The monoisotopic (exact) mass is 224 g/mol. The second-order valence-corrected chi connectivity index (χ2v) is 3.63. The molecule has 82 valence electrons. The molecule has 0 atom stereocenters. The zero-order valence-electron chi connectivity index (χ0n) is 9.27. The molecule has 0 saturated carbocycles. The first kappa shape index (κ1) is 11.7. The fourth-order valence-electron chi connectivity index (χ4n) is 1.03. The van der Waals surface area contributed by atoms with E-state index in [1.54, 1.807) is 6.20 Å². The van der Waals surface area contributed by atoms with Crippen molar-refractivity contribution >= 4 is 23.1 Å². The lowest BCUT2D eigenvalue weighted by atomic mass is 10.4. The minimum Gasteiger partial charge on any atom is -0.354 e. The van der Waals surface area contributed by atoms with Crippen LogP contribution in [0.25, 0.3) is 0 Å². The van der Waals surface area contributed by atoms with Crippen LogP contribution in [-0.2, 0) is 0 Å². The van der Waals surface area contributed by atoms with Crippen LogP contribution in [-0.4, -0.2) is 35.6 Å². The molecule has 0 bridgehead atoms. The maximum absolute atomic E-state index is 5.17. The summed E-state index contributed by atoms with van der Waals surface area (Å²) in [5, 5.41) is 2.57. The third kappa shape index (κ3) is 3.36. The van der Waals surface area contributed by atoms with Gasteiger partial charge in [0.05, 0.1) is 0 Å². The number of rotatable bonds is 3. The summed E-state index contributed by atoms with van der Waals surface area (Å²) in [5.41, 5.74) is 3.11. The number of thiocarbonyl (C=S) groups is 1. The summed E-state index contributed by atoms with van der Waals surface area (Å²) in [6.07, 6.45) is 1.76. The molecule has 0 aliphatic heterocycles. The number of nitrogens with one attached hydrogen (secondary N) is 1. The maximum atomic E-state index is 5.17. The van der Waals surface area contributed by atoms with E-state index in [0.717, 1.165) is 12.4 Å². The van der Waals surface area contributed by atoms with Crippen LogP contribution in [0.3, 0.4) is 0 Å². The fourth-order valence-corrected chi connectivity index (χ4v) is 1.14. The Morgan fingerprint density at radius 1 is 1.47 bits per heavy atom. The molecule has 1 aromatic rings. The van der Waals surface area contributed by atoms with Crippen molar-refractivity contribution in [1.29, 1.82) is 0 Å². The number of pyridine rings is 1. The number of hydrogen-bond donors (Lipinski definition) is 1. The summed E-state index contributed by atoms with van der Waals surface area (Å²) in [6.45, 7) is 2.84. The van der Waals surface area contributed by atoms with E-state index >= 15 is 0 Å². The van der Waals surface area contributed by atoms with Gasteiger partial charge in [-0.15, -0.1) is 0 Å². The standard InChI is InChI=1S/C10H16N4S/c1-4-14(12-10(15)13(2)3)9-7-5-6-8-11-9/h5-8H,4H2,1-3H3,(H,12,15). The van der Waals surface area contributed by atoms with Crippen molar-refractivity contribution in [1.82, 2.24) is 15.3 Å². The minimum absolute atomic E-state index is 0.669. The lowest BCUT2D eigenvalue weighted by Gasteiger charge is -2.26. The van der Waals surface area contributed by atoms with Gasteiger partial charge in [0.15, 0.2) is 5.11 Å². The summed E-state index contributed by atoms with van der Waals surface area (Å²) in [5.74, 6) is 0.865. The summed E-state index contributed by atoms with van der Waals surface area (Å²) in [6, 6.07) is 5.78. The van der Waals surface area contributed by atoms with E-state index in [1.807, 2.05) is 49.1 Å². The molecular weight excluding hydrogens is 208 g/mol. The highest BCUT2D eigenvalue weighted by atomic mass is 32.1. The first-order chi connectivity index (χ1) is 7.15. The lowest BCUT2D eigenvalue weighted by Crippen LogP contribution is -2.47. The van der Waals surface area contributed by atoms with E-state index in [-0.39, 0.29) is 0 Å². The largest absolute Gasteiger partial charge is 0.354 e. The van der Waals surface area contributed by atoms with Gasteiger partial charge in [0.1, 0.15) is 5.82 Å². The van der Waals surface area contributed by atoms with Crippen LogP contribution in [0.2, 0.25) is 0 Å². The molecule has 0 aliphatic rings. The predicted molar refractivity (Wildman–Crippen MR) is 66.7 cm³/mol. The fraction of sp³-hybridized carbons (Fsp3) is 0.400. The van der Waals surface area contributed by atoms with Crippen molar-refractivity contribution in [2.24, 2.45) is 0 Å². The van der Waals surface area contributed by atoms with Gasteiger partial charge in [-0.3, -0.25) is 10.4 Å². The molecule has 0 radical (unpaired) electrons. The highest BCUT2D eigenvalue weighted by molar-refractivity contribution is 7.80. The number of hydrogen-bond acceptors (Lipinski definition) is 3. The zero-order chi connectivity index (χ0) is 11.3. The summed E-state index contributed by atoms with van der Waals surface area (Å²) in [7, 11) is 3.81. The molecule has 15 heavy (non-hydrogen) atoms. The van der Waals surface area contributed by atoms with Gasteiger partial charge in [0.2, 0.25) is 0 Å². The summed E-state index contributed by atoms with van der Waals surface area (Å²) in [4.78, 5) is 6.10. The Bertz CT molecular complexity index is 312. The van der Waals surface area contributed by atoms with Gasteiger partial charge in [-0.1, -0.05) is 6.07 Å². The predicted octanol–water partition coefficient (Wildman–Crippen LogP) is 1.26. The van der Waals surface area contributed by atoms with E-state index < -0.39 is 0 Å². The molecule has 1 rings (SSSR count). The van der Waals surface area contributed by atoms with E-state index in [2.05, 4.69) is 10.4 Å². The number of hydrazine groups is 1. The average Bonchev–Trinajstić information content (AvgIpc) is 2.26. The zero-order valence-corrected chi connectivity index (χ0v) is 10.1. The van der Waals surface area contributed by atoms with E-state index in [1.165, 1.54) is 0 Å². The Kier molecular flexibility index (Phi) is 4.30. The van der Waals surface area contributed by atoms with Crippen LogP contribution in [0.4, 0.5) is 5.82 Å². The van der Waals surface area contributed by atoms with Gasteiger partial charge in [-0.25, -0.2) is 4.98 Å². The quantitative estimate of drug-likeness (QED) is 0.617. The van der Waals surface area contributed by atoms with Crippen molar-refractivity contribution in [2.45, 2.75) is 6.92 Å². The number of anilines is 1. The van der Waals surface area contributed by atoms with Crippen molar-refractivity contribution in [3.63, 3.8) is 0 Å². The van der Waals surface area contributed by atoms with Gasteiger partial charge in [-0.2, -0.15) is 0 Å². The Morgan fingerprint density at radius 3 is 2.67 bits per heavy atom. The van der Waals surface area contributed by atoms with E-state index in [4.69, 9.17) is 12.2 Å². The van der Waals surface area contributed by atoms with Gasteiger partial charge in [-0.05, 0) is 31.3 Å². The van der Waals surface area contributed by atoms with Crippen molar-refractivity contribution in [3.8, 4) is 0 Å². The van der Waals surface area contributed by atoms with Crippen molar-refractivity contribution in [3.05, 3.63) is 24.4 Å². The third-order valence-corrected chi connectivity index (χ3v) is 2.34. The average molecular weight is 224 g/mol. The van der Waals surface area contributed by atoms with Crippen LogP contribution in [0.15, 0.2) is 24.4 Å². The molecule has 1 heterocycles. The molecule has 5 heteroatoms. The first-order valence-corrected chi connectivity index (χ1v) is 5.22. The molecule has 0 unspecified atom stereocenters. The van der Waals surface area contributed by atoms with E-state index in [0.29, 0.717) is 5.11 Å². The molecule has 4 nitrogen and oxygen atoms in total. The molecule has 0 spiro atoms. The van der Waals surface area contributed by atoms with Crippen LogP contribution in [0, 0.1) is 0 Å². The van der Waals surface area contributed by atoms with Gasteiger partial charge in [0, 0.05) is 26.8 Å². The van der Waals surface area contributed by atoms with Crippen molar-refractivity contribution < 1.29 is 0 Å². The second kappa shape index (κ2) is 5.50. The first-order valence-electron chi connectivity index (χ1n) is 4.81. The van der Waals surface area contributed by atoms with Crippen LogP contribution < -0.4 is 10.4 Å². The molecule has 0 amide bonds. The molecule has 1 aromatic heterocycles. The minimum atomic E-state index is 0.669. The third-order valence-electron chi connectivity index (χ3n) is 1.88. The lowest BCUT2D eigenvalue weighted by molar-refractivity contribution is 0.590. The van der Waals surface area contributed by atoms with Gasteiger partial charge in [0.25, 0.3) is 0 Å². The van der Waals surface area contributed by atoms with E-state index in [9.17, 15) is 0 Å². The number of aromatic nitrogens is 1. The molecule has 0 aromatic carbocycles. The smallest absolute Gasteiger partial charge is 0.187 e. The van der Waals surface area contributed by atoms with Crippen LogP contribution >= 0.6 is 12.2 Å². The van der Waals surface area contributed by atoms with Gasteiger partial charge >= 0.3 is 0 Å². The van der Waals surface area contributed by atoms with Gasteiger partial charge < -0.3 is 4.90 Å².